The average molecular weight is 408 g/mol. The molecule has 0 atom stereocenters. The lowest BCUT2D eigenvalue weighted by Crippen LogP contribution is -2.03. The van der Waals surface area contributed by atoms with E-state index in [1.807, 2.05) is 60.7 Å². The van der Waals surface area contributed by atoms with Gasteiger partial charge in [-0.05, 0) is 25.7 Å². The molecule has 0 aliphatic rings. The van der Waals surface area contributed by atoms with E-state index in [4.69, 9.17) is 9.47 Å². The Kier molecular flexibility index (Phi) is 12.7. The number of hydrogen-bond donors (Lipinski definition) is 0. The van der Waals surface area contributed by atoms with Crippen LogP contribution >= 0.6 is 0 Å². The molecule has 0 saturated carbocycles. The van der Waals surface area contributed by atoms with Crippen LogP contribution in [0, 0.1) is 0 Å². The SMILES string of the molecule is C=CC(=O)OCCCCCCOC(=O)C=C.O=C(c1ccccc1)c1ccccc1. The van der Waals surface area contributed by atoms with Gasteiger partial charge in [0.15, 0.2) is 5.78 Å². The Hall–Kier alpha value is -3.47. The maximum Gasteiger partial charge on any atom is 0.330 e. The van der Waals surface area contributed by atoms with Crippen LogP contribution in [0.4, 0.5) is 0 Å². The molecule has 0 aromatic heterocycles. The maximum atomic E-state index is 11.8. The van der Waals surface area contributed by atoms with E-state index in [-0.39, 0.29) is 17.7 Å². The van der Waals surface area contributed by atoms with Crippen molar-refractivity contribution in [2.24, 2.45) is 0 Å². The summed E-state index contributed by atoms with van der Waals surface area (Å²) in [6, 6.07) is 18.6. The van der Waals surface area contributed by atoms with E-state index in [0.717, 1.165) is 49.0 Å². The molecule has 0 bridgehead atoms. The highest BCUT2D eigenvalue weighted by Gasteiger charge is 2.06. The Balaban J connectivity index is 0.000000301. The molecule has 0 aliphatic carbocycles. The number of carbonyl (C=O) groups excluding carboxylic acids is 3. The fraction of sp³-hybridized carbons (Fsp3) is 0.240. The van der Waals surface area contributed by atoms with E-state index >= 15 is 0 Å². The van der Waals surface area contributed by atoms with Crippen LogP contribution in [-0.2, 0) is 19.1 Å². The van der Waals surface area contributed by atoms with Crippen molar-refractivity contribution in [3.8, 4) is 0 Å². The monoisotopic (exact) mass is 408 g/mol. The van der Waals surface area contributed by atoms with Crippen LogP contribution in [0.1, 0.15) is 41.6 Å². The van der Waals surface area contributed by atoms with Crippen LogP contribution in [-0.4, -0.2) is 30.9 Å². The first-order valence-electron chi connectivity index (χ1n) is 9.81. The van der Waals surface area contributed by atoms with Gasteiger partial charge in [0.25, 0.3) is 0 Å². The highest BCUT2D eigenvalue weighted by atomic mass is 16.5. The molecule has 0 unspecified atom stereocenters. The lowest BCUT2D eigenvalue weighted by molar-refractivity contribution is -0.139. The normalized spacial score (nSPS) is 9.47. The molecule has 0 fully saturated rings. The summed E-state index contributed by atoms with van der Waals surface area (Å²) in [7, 11) is 0. The maximum absolute atomic E-state index is 11.8. The van der Waals surface area contributed by atoms with Crippen LogP contribution in [0.2, 0.25) is 0 Å². The molecule has 158 valence electrons. The highest BCUT2D eigenvalue weighted by Crippen LogP contribution is 2.08. The standard InChI is InChI=1S/C13H10O.C12H18O4/c14-13(11-7-3-1-4-8-11)12-9-5-2-6-10-12;1-3-11(13)15-9-7-5-6-8-10-16-12(14)4-2/h1-10H;3-4H,1-2,5-10H2. The number of rotatable bonds is 11. The quantitative estimate of drug-likeness (QED) is 0.228. The van der Waals surface area contributed by atoms with Crippen molar-refractivity contribution in [1.82, 2.24) is 0 Å². The Bertz CT molecular complexity index is 729. The molecular weight excluding hydrogens is 380 g/mol. The summed E-state index contributed by atoms with van der Waals surface area (Å²) in [6.07, 6.45) is 5.81. The molecule has 0 spiro atoms. The molecule has 0 N–H and O–H groups in total. The lowest BCUT2D eigenvalue weighted by atomic mass is 10.0. The van der Waals surface area contributed by atoms with Gasteiger partial charge in [-0.1, -0.05) is 73.8 Å². The van der Waals surface area contributed by atoms with Crippen LogP contribution < -0.4 is 0 Å². The van der Waals surface area contributed by atoms with Crippen molar-refractivity contribution in [2.75, 3.05) is 13.2 Å². The molecule has 2 rings (SSSR count). The van der Waals surface area contributed by atoms with Gasteiger partial charge in [0.2, 0.25) is 0 Å². The Morgan fingerprint density at radius 2 is 1.00 bits per heavy atom. The summed E-state index contributed by atoms with van der Waals surface area (Å²) >= 11 is 0. The molecule has 0 amide bonds. The second-order valence-corrected chi connectivity index (χ2v) is 6.22. The topological polar surface area (TPSA) is 69.7 Å². The van der Waals surface area contributed by atoms with Gasteiger partial charge in [-0.2, -0.15) is 0 Å². The summed E-state index contributed by atoms with van der Waals surface area (Å²) in [5, 5.41) is 0. The summed E-state index contributed by atoms with van der Waals surface area (Å²) in [4.78, 5) is 33.1. The predicted octanol–water partition coefficient (Wildman–Crippen LogP) is 4.92. The van der Waals surface area contributed by atoms with E-state index in [2.05, 4.69) is 13.2 Å². The zero-order chi connectivity index (χ0) is 22.0. The van der Waals surface area contributed by atoms with Crippen molar-refractivity contribution in [3.05, 3.63) is 97.1 Å². The Morgan fingerprint density at radius 1 is 0.633 bits per heavy atom. The smallest absolute Gasteiger partial charge is 0.330 e. The average Bonchev–Trinajstić information content (AvgIpc) is 2.81. The third kappa shape index (κ3) is 10.8. The van der Waals surface area contributed by atoms with Gasteiger partial charge in [0.1, 0.15) is 0 Å². The number of benzene rings is 2. The highest BCUT2D eigenvalue weighted by molar-refractivity contribution is 6.08. The Morgan fingerprint density at radius 3 is 1.33 bits per heavy atom. The largest absolute Gasteiger partial charge is 0.463 e. The molecule has 0 saturated heterocycles. The minimum Gasteiger partial charge on any atom is -0.463 e. The van der Waals surface area contributed by atoms with Crippen molar-refractivity contribution in [2.45, 2.75) is 25.7 Å². The minimum atomic E-state index is -0.389. The lowest BCUT2D eigenvalue weighted by Gasteiger charge is -2.03. The third-order valence-corrected chi connectivity index (χ3v) is 3.93. The van der Waals surface area contributed by atoms with E-state index in [0.29, 0.717) is 13.2 Å². The van der Waals surface area contributed by atoms with Gasteiger partial charge < -0.3 is 9.47 Å². The summed E-state index contributed by atoms with van der Waals surface area (Å²) in [6.45, 7) is 7.41. The number of ketones is 1. The number of ether oxygens (including phenoxy) is 2. The van der Waals surface area contributed by atoms with Gasteiger partial charge in [0.05, 0.1) is 13.2 Å². The van der Waals surface area contributed by atoms with Gasteiger partial charge >= 0.3 is 11.9 Å². The van der Waals surface area contributed by atoms with Crippen LogP contribution in [0.5, 0.6) is 0 Å². The minimum absolute atomic E-state index is 0.0752. The third-order valence-electron chi connectivity index (χ3n) is 3.93. The van der Waals surface area contributed by atoms with Crippen molar-refractivity contribution in [3.63, 3.8) is 0 Å². The molecule has 0 aliphatic heterocycles. The van der Waals surface area contributed by atoms with E-state index in [1.54, 1.807) is 0 Å². The predicted molar refractivity (Wildman–Crippen MR) is 117 cm³/mol. The second-order valence-electron chi connectivity index (χ2n) is 6.22. The first-order valence-corrected chi connectivity index (χ1v) is 9.81. The summed E-state index contributed by atoms with van der Waals surface area (Å²) in [5.74, 6) is -0.703. The van der Waals surface area contributed by atoms with E-state index < -0.39 is 0 Å². The fourth-order valence-corrected chi connectivity index (χ4v) is 2.37. The van der Waals surface area contributed by atoms with Crippen LogP contribution in [0.15, 0.2) is 86.0 Å². The number of hydrogen-bond acceptors (Lipinski definition) is 5. The second kappa shape index (κ2) is 15.5. The van der Waals surface area contributed by atoms with Crippen molar-refractivity contribution >= 4 is 17.7 Å². The van der Waals surface area contributed by atoms with E-state index in [9.17, 15) is 14.4 Å². The van der Waals surface area contributed by atoms with Gasteiger partial charge in [-0.25, -0.2) is 9.59 Å². The van der Waals surface area contributed by atoms with Gasteiger partial charge in [-0.15, -0.1) is 0 Å². The van der Waals surface area contributed by atoms with E-state index in [1.165, 1.54) is 0 Å². The van der Waals surface area contributed by atoms with Gasteiger partial charge in [0, 0.05) is 23.3 Å². The molecule has 5 nitrogen and oxygen atoms in total. The van der Waals surface area contributed by atoms with Crippen LogP contribution in [0.3, 0.4) is 0 Å². The summed E-state index contributed by atoms with van der Waals surface area (Å²) in [5.41, 5.74) is 1.47. The molecular formula is C25H28O5. The Labute approximate surface area is 178 Å². The summed E-state index contributed by atoms with van der Waals surface area (Å²) < 4.78 is 9.60. The fourth-order valence-electron chi connectivity index (χ4n) is 2.37. The first kappa shape index (κ1) is 24.6. The molecule has 5 heteroatoms. The molecule has 0 radical (unpaired) electrons. The number of carbonyl (C=O) groups is 3. The zero-order valence-electron chi connectivity index (χ0n) is 17.1. The zero-order valence-corrected chi connectivity index (χ0v) is 17.1. The molecule has 2 aromatic rings. The molecule has 30 heavy (non-hydrogen) atoms. The number of esters is 2. The number of unbranched alkanes of at least 4 members (excludes halogenated alkanes) is 3. The van der Waals surface area contributed by atoms with Crippen LogP contribution in [0.25, 0.3) is 0 Å². The van der Waals surface area contributed by atoms with Crippen molar-refractivity contribution < 1.29 is 23.9 Å². The van der Waals surface area contributed by atoms with Crippen molar-refractivity contribution in [1.29, 1.82) is 0 Å². The molecule has 2 aromatic carbocycles. The molecule has 0 heterocycles. The first-order chi connectivity index (χ1) is 14.6. The van der Waals surface area contributed by atoms with Gasteiger partial charge in [-0.3, -0.25) is 4.79 Å².